The van der Waals surface area contributed by atoms with E-state index < -0.39 is 35.4 Å². The Hall–Kier alpha value is -3.13. The van der Waals surface area contributed by atoms with Crippen LogP contribution in [0.5, 0.6) is 0 Å². The maximum atomic E-state index is 15.9. The number of nitrogens with one attached hydrogen (secondary N) is 3. The van der Waals surface area contributed by atoms with E-state index in [0.717, 1.165) is 10.9 Å². The highest BCUT2D eigenvalue weighted by atomic mass is 19.1. The molecule has 1 aromatic heterocycles. The first-order chi connectivity index (χ1) is 14.7. The number of halogens is 2. The monoisotopic (exact) mass is 429 g/mol. The van der Waals surface area contributed by atoms with Gasteiger partial charge in [-0.25, -0.2) is 13.6 Å². The number of carbonyl (C=O) groups is 1. The summed E-state index contributed by atoms with van der Waals surface area (Å²) in [6.07, 6.45) is -0.204. The Bertz CT molecular complexity index is 1170. The number of anilines is 1. The Kier molecular flexibility index (Phi) is 5.13. The number of aliphatic hydroxyl groups is 1. The maximum Gasteiger partial charge on any atom is 0.407 e. The molecule has 1 unspecified atom stereocenters. The van der Waals surface area contributed by atoms with E-state index in [2.05, 4.69) is 15.6 Å². The van der Waals surface area contributed by atoms with Crippen LogP contribution in [0.3, 0.4) is 0 Å². The van der Waals surface area contributed by atoms with E-state index in [-0.39, 0.29) is 23.4 Å². The van der Waals surface area contributed by atoms with Crippen LogP contribution in [0.15, 0.2) is 30.5 Å². The molecule has 1 aliphatic rings. The molecule has 31 heavy (non-hydrogen) atoms. The number of para-hydroxylation sites is 1. The molecule has 0 fully saturated rings. The number of H-pyrrole nitrogens is 1. The number of aromatic amines is 1. The van der Waals surface area contributed by atoms with Crippen LogP contribution in [0, 0.1) is 18.6 Å². The van der Waals surface area contributed by atoms with Gasteiger partial charge in [0.25, 0.3) is 0 Å². The SMILES string of the molecule is CCOC(=O)N[C@H]1c2c(cc(F)c(-c3cccc4c(C)c[nH]c34)c2F)NC(C)(C)C1O. The van der Waals surface area contributed by atoms with Crippen LogP contribution < -0.4 is 10.6 Å². The van der Waals surface area contributed by atoms with E-state index in [1.807, 2.05) is 13.0 Å². The molecule has 0 saturated carbocycles. The summed E-state index contributed by atoms with van der Waals surface area (Å²) in [6, 6.07) is 5.32. The van der Waals surface area contributed by atoms with Gasteiger partial charge in [-0.05, 0) is 39.3 Å². The third-order valence-electron chi connectivity index (χ3n) is 5.82. The van der Waals surface area contributed by atoms with Crippen molar-refractivity contribution in [2.45, 2.75) is 45.4 Å². The zero-order valence-electron chi connectivity index (χ0n) is 17.8. The van der Waals surface area contributed by atoms with Gasteiger partial charge in [0.05, 0.1) is 29.3 Å². The first-order valence-corrected chi connectivity index (χ1v) is 10.1. The normalized spacial score (nSPS) is 19.6. The van der Waals surface area contributed by atoms with E-state index in [4.69, 9.17) is 4.74 Å². The van der Waals surface area contributed by atoms with Crippen molar-refractivity contribution >= 4 is 22.7 Å². The van der Waals surface area contributed by atoms with Crippen LogP contribution in [0.4, 0.5) is 19.3 Å². The molecule has 2 aromatic carbocycles. The van der Waals surface area contributed by atoms with Crippen LogP contribution in [-0.4, -0.2) is 34.4 Å². The second-order valence-corrected chi connectivity index (χ2v) is 8.34. The van der Waals surface area contributed by atoms with Crippen LogP contribution in [0.2, 0.25) is 0 Å². The van der Waals surface area contributed by atoms with Gasteiger partial charge in [0.15, 0.2) is 0 Å². The number of benzene rings is 2. The maximum absolute atomic E-state index is 15.9. The molecule has 4 N–H and O–H groups in total. The molecule has 1 amide bonds. The summed E-state index contributed by atoms with van der Waals surface area (Å²) in [4.78, 5) is 15.2. The van der Waals surface area contributed by atoms with Gasteiger partial charge in [0.1, 0.15) is 17.7 Å². The van der Waals surface area contributed by atoms with Gasteiger partial charge >= 0.3 is 6.09 Å². The van der Waals surface area contributed by atoms with Crippen molar-refractivity contribution in [2.24, 2.45) is 0 Å². The molecule has 4 rings (SSSR count). The quantitative estimate of drug-likeness (QED) is 0.483. The molecular weight excluding hydrogens is 404 g/mol. The summed E-state index contributed by atoms with van der Waals surface area (Å²) in [5.41, 5.74) is 0.901. The number of aromatic nitrogens is 1. The molecule has 0 aliphatic carbocycles. The predicted octanol–water partition coefficient (Wildman–Crippen LogP) is 4.77. The molecule has 6 nitrogen and oxygen atoms in total. The number of amides is 1. The number of ether oxygens (including phenoxy) is 1. The number of hydrogen-bond donors (Lipinski definition) is 4. The van der Waals surface area contributed by atoms with Crippen molar-refractivity contribution in [1.82, 2.24) is 10.3 Å². The minimum Gasteiger partial charge on any atom is -0.450 e. The summed E-state index contributed by atoms with van der Waals surface area (Å²) >= 11 is 0. The van der Waals surface area contributed by atoms with E-state index in [9.17, 15) is 9.90 Å². The standard InChI is InChI=1S/C23H25F2N3O3/c1-5-31-22(30)27-20-17-15(28-23(3,4)21(20)29)9-14(24)16(18(17)25)13-8-6-7-12-11(2)10-26-19(12)13/h6-10,20-21,26,28-29H,5H2,1-4H3,(H,27,30)/t20-,21?/m0/s1. The highest BCUT2D eigenvalue weighted by Crippen LogP contribution is 2.44. The smallest absolute Gasteiger partial charge is 0.407 e. The lowest BCUT2D eigenvalue weighted by molar-refractivity contribution is 0.0618. The van der Waals surface area contributed by atoms with E-state index in [1.165, 1.54) is 6.07 Å². The molecule has 0 radical (unpaired) electrons. The second-order valence-electron chi connectivity index (χ2n) is 8.34. The Balaban J connectivity index is 1.94. The van der Waals surface area contributed by atoms with Crippen molar-refractivity contribution in [2.75, 3.05) is 11.9 Å². The number of fused-ring (bicyclic) bond motifs is 2. The highest BCUT2D eigenvalue weighted by molar-refractivity contribution is 5.96. The van der Waals surface area contributed by atoms with Gasteiger partial charge in [-0.3, -0.25) is 0 Å². The molecule has 1 aliphatic heterocycles. The van der Waals surface area contributed by atoms with Crippen molar-refractivity contribution in [3.63, 3.8) is 0 Å². The van der Waals surface area contributed by atoms with Gasteiger partial charge in [-0.2, -0.15) is 0 Å². The van der Waals surface area contributed by atoms with Crippen molar-refractivity contribution < 1.29 is 23.4 Å². The number of hydrogen-bond acceptors (Lipinski definition) is 4. The number of alkyl carbamates (subject to hydrolysis) is 1. The van der Waals surface area contributed by atoms with Crippen molar-refractivity contribution in [1.29, 1.82) is 0 Å². The number of rotatable bonds is 3. The molecule has 164 valence electrons. The van der Waals surface area contributed by atoms with Crippen molar-refractivity contribution in [3.05, 3.63) is 53.2 Å². The average molecular weight is 429 g/mol. The second kappa shape index (κ2) is 7.53. The summed E-state index contributed by atoms with van der Waals surface area (Å²) in [6.45, 7) is 7.04. The van der Waals surface area contributed by atoms with Crippen molar-refractivity contribution in [3.8, 4) is 11.1 Å². The molecule has 0 saturated heterocycles. The molecule has 0 bridgehead atoms. The topological polar surface area (TPSA) is 86.4 Å². The highest BCUT2D eigenvalue weighted by Gasteiger charge is 2.44. The lowest BCUT2D eigenvalue weighted by atomic mass is 9.81. The largest absolute Gasteiger partial charge is 0.450 e. The summed E-state index contributed by atoms with van der Waals surface area (Å²) in [5.74, 6) is -1.59. The Morgan fingerprint density at radius 2 is 2.06 bits per heavy atom. The fourth-order valence-electron chi connectivity index (χ4n) is 4.24. The van der Waals surface area contributed by atoms with Gasteiger partial charge in [0, 0.05) is 28.4 Å². The first kappa shape index (κ1) is 21.1. The van der Waals surface area contributed by atoms with Crippen LogP contribution in [0.1, 0.15) is 37.9 Å². The lowest BCUT2D eigenvalue weighted by Gasteiger charge is -2.43. The molecule has 3 aromatic rings. The van der Waals surface area contributed by atoms with E-state index >= 15 is 8.78 Å². The molecule has 2 heterocycles. The van der Waals surface area contributed by atoms with Gasteiger partial charge in [-0.1, -0.05) is 18.2 Å². The lowest BCUT2D eigenvalue weighted by Crippen LogP contribution is -2.55. The van der Waals surface area contributed by atoms with Crippen LogP contribution in [-0.2, 0) is 4.74 Å². The van der Waals surface area contributed by atoms with E-state index in [1.54, 1.807) is 39.1 Å². The molecule has 2 atom stereocenters. The summed E-state index contributed by atoms with van der Waals surface area (Å²) in [5, 5.41) is 17.3. The van der Waals surface area contributed by atoms with Crippen LogP contribution >= 0.6 is 0 Å². The fourth-order valence-corrected chi connectivity index (χ4v) is 4.24. The number of aliphatic hydroxyl groups excluding tert-OH is 1. The predicted molar refractivity (Wildman–Crippen MR) is 115 cm³/mol. The fraction of sp³-hybridized carbons (Fsp3) is 0.348. The first-order valence-electron chi connectivity index (χ1n) is 10.1. The third kappa shape index (κ3) is 3.40. The minimum absolute atomic E-state index is 0.0171. The number of aryl methyl sites for hydroxylation is 1. The zero-order valence-corrected chi connectivity index (χ0v) is 17.8. The zero-order chi connectivity index (χ0) is 22.5. The van der Waals surface area contributed by atoms with Gasteiger partial charge in [-0.15, -0.1) is 0 Å². The molecular formula is C23H25F2N3O3. The number of carbonyl (C=O) groups excluding carboxylic acids is 1. The average Bonchev–Trinajstić information content (AvgIpc) is 3.07. The van der Waals surface area contributed by atoms with Gasteiger partial charge in [0.2, 0.25) is 0 Å². The third-order valence-corrected chi connectivity index (χ3v) is 5.82. The Labute approximate surface area is 178 Å². The summed E-state index contributed by atoms with van der Waals surface area (Å²) in [7, 11) is 0. The van der Waals surface area contributed by atoms with Crippen LogP contribution in [0.25, 0.3) is 22.0 Å². The van der Waals surface area contributed by atoms with Gasteiger partial charge < -0.3 is 25.5 Å². The minimum atomic E-state index is -1.19. The summed E-state index contributed by atoms with van der Waals surface area (Å²) < 4.78 is 36.1. The Morgan fingerprint density at radius 3 is 2.77 bits per heavy atom. The molecule has 8 heteroatoms. The van der Waals surface area contributed by atoms with E-state index in [0.29, 0.717) is 11.1 Å². The Morgan fingerprint density at radius 1 is 1.32 bits per heavy atom. The molecule has 0 spiro atoms.